The van der Waals surface area contributed by atoms with Gasteiger partial charge in [0.1, 0.15) is 27.7 Å². The Morgan fingerprint density at radius 3 is 1.30 bits per heavy atom. The van der Waals surface area contributed by atoms with E-state index in [9.17, 15) is 0 Å². The lowest BCUT2D eigenvalue weighted by molar-refractivity contribution is 0.763. The van der Waals surface area contributed by atoms with Crippen LogP contribution in [0.5, 0.6) is 0 Å². The predicted molar refractivity (Wildman–Crippen MR) is 237 cm³/mol. The van der Waals surface area contributed by atoms with Gasteiger partial charge in [-0.3, -0.25) is 9.36 Å². The van der Waals surface area contributed by atoms with Gasteiger partial charge in [0.2, 0.25) is 0 Å². The molecule has 14 heteroatoms. The Labute approximate surface area is 346 Å². The lowest BCUT2D eigenvalue weighted by Gasteiger charge is -2.38. The molecule has 0 bridgehead atoms. The molecule has 0 atom stereocenters. The first-order valence-electron chi connectivity index (χ1n) is 18.1. The summed E-state index contributed by atoms with van der Waals surface area (Å²) >= 11 is 9.68. The Kier molecular flexibility index (Phi) is 18.3. The van der Waals surface area contributed by atoms with E-state index in [4.69, 9.17) is 5.73 Å². The van der Waals surface area contributed by atoms with Crippen molar-refractivity contribution in [2.45, 2.75) is 123 Å². The van der Waals surface area contributed by atoms with Crippen LogP contribution in [0.4, 0.5) is 5.69 Å². The Morgan fingerprint density at radius 2 is 0.943 bits per heavy atom. The van der Waals surface area contributed by atoms with Gasteiger partial charge in [-0.15, -0.1) is 11.1 Å². The normalized spacial score (nSPS) is 11.6. The second kappa shape index (κ2) is 20.9. The lowest BCUT2D eigenvalue weighted by atomic mass is 10.2. The molecule has 4 heterocycles. The van der Waals surface area contributed by atoms with Crippen LogP contribution >= 0.6 is 47.8 Å². The predicted octanol–water partition coefficient (Wildman–Crippen LogP) is 10.7. The zero-order valence-electron chi connectivity index (χ0n) is 33.9. The fourth-order valence-electron chi connectivity index (χ4n) is 7.47. The molecule has 0 saturated heterocycles. The number of hydrogen-bond donors (Lipinski definition) is 1. The third-order valence-electron chi connectivity index (χ3n) is 9.90. The molecule has 0 aliphatic rings. The molecule has 0 aliphatic carbocycles. The molecule has 4 aromatic heterocycles. The van der Waals surface area contributed by atoms with Crippen molar-refractivity contribution in [2.24, 2.45) is 14.1 Å². The molecule has 0 unspecified atom stereocenters. The maximum atomic E-state index is 5.93. The Bertz CT molecular complexity index is 1800. The maximum Gasteiger partial charge on any atom is 0.196 e. The molecule has 4 aromatic rings. The number of nitrogens with zero attached hydrogens (tertiary/aromatic N) is 8. The van der Waals surface area contributed by atoms with E-state index in [1.165, 1.54) is 0 Å². The first-order valence-corrected chi connectivity index (χ1v) is 25.0. The molecule has 0 amide bonds. The minimum absolute atomic E-state index is 0.608. The van der Waals surface area contributed by atoms with Crippen LogP contribution in [-0.4, -0.2) is 55.6 Å². The number of nitrogens with two attached hydrogens (primary N) is 1. The maximum absolute atomic E-state index is 5.93. The highest BCUT2D eigenvalue weighted by Gasteiger charge is 2.42. The number of aromatic nitrogens is 8. The van der Waals surface area contributed by atoms with E-state index < -0.39 is 16.1 Å². The van der Waals surface area contributed by atoms with Crippen molar-refractivity contribution in [3.05, 3.63) is 73.6 Å². The average Bonchev–Trinajstić information content (AvgIpc) is 3.58. The van der Waals surface area contributed by atoms with Gasteiger partial charge in [-0.1, -0.05) is 89.0 Å². The van der Waals surface area contributed by atoms with E-state index in [2.05, 4.69) is 184 Å². The summed E-state index contributed by atoms with van der Waals surface area (Å²) in [5.74, 6) is 7.52. The Morgan fingerprint density at radius 1 is 0.585 bits per heavy atom. The summed E-state index contributed by atoms with van der Waals surface area (Å²) in [5.41, 5.74) is 20.4. The summed E-state index contributed by atoms with van der Waals surface area (Å²) in [6.45, 7) is 27.8. The Balaban J connectivity index is 0.000000313. The molecule has 9 nitrogen and oxygen atoms in total. The number of nitrogen functional groups attached to an aromatic ring is 1. The van der Waals surface area contributed by atoms with E-state index in [-0.39, 0.29) is 0 Å². The highest BCUT2D eigenvalue weighted by Crippen LogP contribution is 2.42. The van der Waals surface area contributed by atoms with Gasteiger partial charge in [0, 0.05) is 63.3 Å². The summed E-state index contributed by atoms with van der Waals surface area (Å²) in [5, 5.41) is 8.94. The van der Waals surface area contributed by atoms with Crippen LogP contribution in [-0.2, 0) is 20.5 Å². The highest BCUT2D eigenvalue weighted by molar-refractivity contribution is 9.11. The monoisotopic (exact) mass is 945 g/mol. The third kappa shape index (κ3) is 12.7. The molecule has 0 radical (unpaired) electrons. The fourth-order valence-corrected chi connectivity index (χ4v) is 18.5. The number of aryl methyl sites for hydroxylation is 2. The summed E-state index contributed by atoms with van der Waals surface area (Å²) in [4.78, 5) is 16.4. The van der Waals surface area contributed by atoms with Crippen molar-refractivity contribution in [3.8, 4) is 22.9 Å². The first kappa shape index (κ1) is 46.5. The number of rotatable bonds is 8. The number of anilines is 1. The quantitative estimate of drug-likeness (QED) is 0.106. The summed E-state index contributed by atoms with van der Waals surface area (Å²) in [6, 6.07) is 0. The van der Waals surface area contributed by atoms with E-state index in [1.807, 2.05) is 31.2 Å². The van der Waals surface area contributed by atoms with Gasteiger partial charge in [0.05, 0.1) is 14.6 Å². The molecule has 0 fully saturated rings. The van der Waals surface area contributed by atoms with E-state index in [0.717, 1.165) is 31.7 Å². The molecule has 2 N–H and O–H groups in total. The molecule has 4 rings (SSSR count). The van der Waals surface area contributed by atoms with E-state index in [1.54, 1.807) is 29.5 Å². The molecular weight excluding hydrogens is 890 g/mol. The second-order valence-corrected chi connectivity index (χ2v) is 28.9. The lowest BCUT2D eigenvalue weighted by Crippen LogP contribution is -2.43. The zero-order valence-corrected chi connectivity index (χ0v) is 40.7. The fraction of sp³-hybridized carbons (Fsp3) is 0.538. The van der Waals surface area contributed by atoms with Gasteiger partial charge in [-0.05, 0) is 87.0 Å². The average molecular weight is 949 g/mol. The van der Waals surface area contributed by atoms with Crippen LogP contribution in [0.25, 0.3) is 0 Å². The standard InChI is InChI=1S/C20H29BrN4Si.C15H27N3Si.C4H2Br2N2/c1-14(2)26(15(3)4,16(5)6)9-8-19-17(13-25(7)24-19)10-20-22-11-18(21)12-23-20;1-11(2)19(12(3)4,13(5)6)9-8-15-14(16)10-18(7)17-15;5-3-1-7-4(6)8-2-3/h11-16H,10H2,1-7H3;10-13H,16H2,1-7H3;1-2H. The zero-order chi connectivity index (χ0) is 40.3. The van der Waals surface area contributed by atoms with E-state index >= 15 is 0 Å². The summed E-state index contributed by atoms with van der Waals surface area (Å²) in [7, 11) is 0.353. The van der Waals surface area contributed by atoms with E-state index in [0.29, 0.717) is 50.1 Å². The van der Waals surface area contributed by atoms with Crippen LogP contribution in [0.15, 0.2) is 50.9 Å². The molecule has 0 aliphatic heterocycles. The van der Waals surface area contributed by atoms with Crippen LogP contribution in [0, 0.1) is 22.9 Å². The van der Waals surface area contributed by atoms with Crippen molar-refractivity contribution in [2.75, 3.05) is 5.73 Å². The minimum atomic E-state index is -1.77. The Hall–Kier alpha value is -2.63. The summed E-state index contributed by atoms with van der Waals surface area (Å²) < 4.78 is 5.94. The van der Waals surface area contributed by atoms with Crippen LogP contribution < -0.4 is 5.73 Å². The first-order chi connectivity index (χ1) is 24.7. The second-order valence-electron chi connectivity index (χ2n) is 15.2. The van der Waals surface area contributed by atoms with Crippen molar-refractivity contribution in [1.29, 1.82) is 0 Å². The molecule has 53 heavy (non-hydrogen) atoms. The van der Waals surface area contributed by atoms with Gasteiger partial charge in [-0.25, -0.2) is 19.9 Å². The van der Waals surface area contributed by atoms with Crippen LogP contribution in [0.3, 0.4) is 0 Å². The summed E-state index contributed by atoms with van der Waals surface area (Å²) in [6.07, 6.45) is 11.4. The molecule has 0 spiro atoms. The van der Waals surface area contributed by atoms with Gasteiger partial charge in [0.15, 0.2) is 10.4 Å². The number of halogens is 3. The van der Waals surface area contributed by atoms with Crippen molar-refractivity contribution >= 4 is 69.6 Å². The van der Waals surface area contributed by atoms with Crippen LogP contribution in [0.2, 0.25) is 33.2 Å². The van der Waals surface area contributed by atoms with Gasteiger partial charge in [-0.2, -0.15) is 10.2 Å². The minimum Gasteiger partial charge on any atom is -0.395 e. The topological polar surface area (TPSA) is 113 Å². The van der Waals surface area contributed by atoms with Crippen molar-refractivity contribution in [1.82, 2.24) is 39.5 Å². The van der Waals surface area contributed by atoms with Crippen molar-refractivity contribution in [3.63, 3.8) is 0 Å². The molecule has 0 aromatic carbocycles. The molecule has 288 valence electrons. The van der Waals surface area contributed by atoms with Gasteiger partial charge in [0.25, 0.3) is 0 Å². The highest BCUT2D eigenvalue weighted by atomic mass is 79.9. The molecular formula is C39H58Br3N9Si2. The smallest absolute Gasteiger partial charge is 0.196 e. The number of hydrogen-bond acceptors (Lipinski definition) is 7. The third-order valence-corrected chi connectivity index (χ3v) is 23.7. The van der Waals surface area contributed by atoms with Crippen LogP contribution in [0.1, 0.15) is 106 Å². The van der Waals surface area contributed by atoms with Gasteiger partial charge >= 0.3 is 0 Å². The van der Waals surface area contributed by atoms with Crippen molar-refractivity contribution < 1.29 is 0 Å². The largest absolute Gasteiger partial charge is 0.395 e. The molecule has 0 saturated carbocycles. The van der Waals surface area contributed by atoms with Gasteiger partial charge < -0.3 is 5.73 Å². The SMILES string of the molecule is Brc1cnc(Br)nc1.CC(C)[Si](C#Cc1nn(C)cc1Cc1ncc(Br)cn1)(C(C)C)C(C)C.CC(C)[Si](C#Cc1nn(C)cc1N)(C(C)C)C(C)C.